The minimum Gasteiger partial charge on any atom is -0.353 e. The van der Waals surface area contributed by atoms with E-state index in [1.807, 2.05) is 32.2 Å². The molecule has 1 atom stereocenters. The summed E-state index contributed by atoms with van der Waals surface area (Å²) in [6, 6.07) is 9.61. The number of sulfonamides is 1. The lowest BCUT2D eigenvalue weighted by Crippen LogP contribution is -2.47. The van der Waals surface area contributed by atoms with Crippen LogP contribution < -0.4 is 5.32 Å². The number of carbonyl (C=O) groups excluding carboxylic acids is 1. The van der Waals surface area contributed by atoms with E-state index in [4.69, 9.17) is 0 Å². The van der Waals surface area contributed by atoms with Crippen molar-refractivity contribution in [3.63, 3.8) is 0 Å². The molecule has 1 fully saturated rings. The molecular formula is C18H29N3O3S. The van der Waals surface area contributed by atoms with Gasteiger partial charge in [0.2, 0.25) is 15.9 Å². The van der Waals surface area contributed by atoms with Crippen molar-refractivity contribution in [1.82, 2.24) is 14.5 Å². The molecule has 1 aromatic carbocycles. The molecule has 2 rings (SSSR count). The van der Waals surface area contributed by atoms with Gasteiger partial charge in [0.25, 0.3) is 0 Å². The summed E-state index contributed by atoms with van der Waals surface area (Å²) in [6.07, 6.45) is 1.92. The second-order valence-electron chi connectivity index (χ2n) is 6.60. The van der Waals surface area contributed by atoms with Gasteiger partial charge in [-0.2, -0.15) is 4.31 Å². The highest BCUT2D eigenvalue weighted by Crippen LogP contribution is 2.21. The van der Waals surface area contributed by atoms with Crippen molar-refractivity contribution in [3.8, 4) is 0 Å². The second kappa shape index (κ2) is 9.31. The van der Waals surface area contributed by atoms with E-state index < -0.39 is 16.1 Å². The Bertz CT molecular complexity index is 649. The number of rotatable bonds is 9. The first-order chi connectivity index (χ1) is 11.9. The first kappa shape index (κ1) is 19.9. The van der Waals surface area contributed by atoms with Gasteiger partial charge in [0.05, 0.1) is 5.75 Å². The van der Waals surface area contributed by atoms with Crippen LogP contribution in [0.15, 0.2) is 30.3 Å². The van der Waals surface area contributed by atoms with Gasteiger partial charge < -0.3 is 10.2 Å². The number of carbonyl (C=O) groups is 1. The van der Waals surface area contributed by atoms with E-state index in [2.05, 4.69) is 22.3 Å². The Morgan fingerprint density at radius 2 is 2.04 bits per heavy atom. The maximum absolute atomic E-state index is 12.4. The molecule has 1 N–H and O–H groups in total. The van der Waals surface area contributed by atoms with Gasteiger partial charge >= 0.3 is 0 Å². The van der Waals surface area contributed by atoms with E-state index in [0.29, 0.717) is 25.9 Å². The van der Waals surface area contributed by atoms with Crippen molar-refractivity contribution < 1.29 is 13.2 Å². The first-order valence-corrected chi connectivity index (χ1v) is 10.5. The summed E-state index contributed by atoms with van der Waals surface area (Å²) in [5.74, 6) is -0.0679. The average Bonchev–Trinajstić information content (AvgIpc) is 3.06. The van der Waals surface area contributed by atoms with Crippen LogP contribution in [0.2, 0.25) is 0 Å². The highest BCUT2D eigenvalue weighted by molar-refractivity contribution is 7.89. The molecule has 0 aliphatic carbocycles. The van der Waals surface area contributed by atoms with Crippen molar-refractivity contribution in [2.75, 3.05) is 32.4 Å². The lowest BCUT2D eigenvalue weighted by Gasteiger charge is -2.24. The van der Waals surface area contributed by atoms with Crippen LogP contribution in [0.3, 0.4) is 0 Å². The summed E-state index contributed by atoms with van der Waals surface area (Å²) >= 11 is 0. The fourth-order valence-electron chi connectivity index (χ4n) is 3.17. The highest BCUT2D eigenvalue weighted by atomic mass is 32.2. The minimum absolute atomic E-state index is 0.108. The fraction of sp³-hybridized carbons (Fsp3) is 0.611. The molecule has 1 aliphatic heterocycles. The van der Waals surface area contributed by atoms with Crippen molar-refractivity contribution in [2.24, 2.45) is 0 Å². The van der Waals surface area contributed by atoms with Crippen molar-refractivity contribution >= 4 is 15.9 Å². The van der Waals surface area contributed by atoms with Crippen LogP contribution in [0, 0.1) is 0 Å². The van der Waals surface area contributed by atoms with Gasteiger partial charge in [-0.3, -0.25) is 4.79 Å². The van der Waals surface area contributed by atoms with Gasteiger partial charge in [-0.25, -0.2) is 8.42 Å². The number of benzene rings is 1. The first-order valence-electron chi connectivity index (χ1n) is 8.93. The predicted molar refractivity (Wildman–Crippen MR) is 99.6 cm³/mol. The standard InChI is InChI=1S/C18H29N3O3S/c1-3-14-25(23,24)21-12-7-10-17(21)18(22)19-11-13-20(2)15-16-8-5-4-6-9-16/h4-6,8-9,17H,3,7,10-15H2,1-2H3,(H,19,22). The van der Waals surface area contributed by atoms with Gasteiger partial charge in [-0.15, -0.1) is 0 Å². The Balaban J connectivity index is 1.79. The molecule has 25 heavy (non-hydrogen) atoms. The smallest absolute Gasteiger partial charge is 0.238 e. The van der Waals surface area contributed by atoms with Gasteiger partial charge in [-0.05, 0) is 31.9 Å². The maximum Gasteiger partial charge on any atom is 0.238 e. The zero-order chi connectivity index (χ0) is 18.3. The second-order valence-corrected chi connectivity index (χ2v) is 8.64. The number of nitrogens with zero attached hydrogens (tertiary/aromatic N) is 2. The Labute approximate surface area is 151 Å². The molecule has 1 heterocycles. The Hall–Kier alpha value is -1.44. The van der Waals surface area contributed by atoms with E-state index in [-0.39, 0.29) is 11.7 Å². The fourth-order valence-corrected chi connectivity index (χ4v) is 4.92. The Morgan fingerprint density at radius 1 is 1.32 bits per heavy atom. The van der Waals surface area contributed by atoms with Gasteiger partial charge in [0.1, 0.15) is 6.04 Å². The average molecular weight is 368 g/mol. The minimum atomic E-state index is -3.32. The maximum atomic E-state index is 12.4. The molecule has 140 valence electrons. The molecule has 0 radical (unpaired) electrons. The summed E-state index contributed by atoms with van der Waals surface area (Å²) < 4.78 is 25.9. The van der Waals surface area contributed by atoms with E-state index in [9.17, 15) is 13.2 Å². The topological polar surface area (TPSA) is 69.7 Å². The third kappa shape index (κ3) is 5.80. The molecule has 1 amide bonds. The van der Waals surface area contributed by atoms with Crippen LogP contribution in [-0.2, 0) is 21.4 Å². The molecule has 1 aliphatic rings. The summed E-state index contributed by atoms with van der Waals surface area (Å²) in [7, 11) is -1.32. The molecule has 1 saturated heterocycles. The summed E-state index contributed by atoms with van der Waals surface area (Å²) in [6.45, 7) is 4.34. The van der Waals surface area contributed by atoms with Gasteiger partial charge in [0.15, 0.2) is 0 Å². The molecule has 0 bridgehead atoms. The van der Waals surface area contributed by atoms with Crippen LogP contribution in [0.4, 0.5) is 0 Å². The van der Waals surface area contributed by atoms with Gasteiger partial charge in [0, 0.05) is 26.2 Å². The van der Waals surface area contributed by atoms with Crippen molar-refractivity contribution in [1.29, 1.82) is 0 Å². The number of nitrogens with one attached hydrogen (secondary N) is 1. The zero-order valence-electron chi connectivity index (χ0n) is 15.1. The van der Waals surface area contributed by atoms with Crippen LogP contribution in [-0.4, -0.2) is 62.0 Å². The quantitative estimate of drug-likeness (QED) is 0.717. The van der Waals surface area contributed by atoms with Crippen LogP contribution in [0.25, 0.3) is 0 Å². The number of likely N-dealkylation sites (N-methyl/N-ethyl adjacent to an activating group) is 1. The predicted octanol–water partition coefficient (Wildman–Crippen LogP) is 1.44. The van der Waals surface area contributed by atoms with E-state index >= 15 is 0 Å². The molecule has 7 heteroatoms. The highest BCUT2D eigenvalue weighted by Gasteiger charge is 2.37. The van der Waals surface area contributed by atoms with E-state index in [1.54, 1.807) is 0 Å². The lowest BCUT2D eigenvalue weighted by atomic mass is 10.2. The molecule has 0 saturated carbocycles. The molecule has 1 aromatic rings. The van der Waals surface area contributed by atoms with Crippen LogP contribution in [0.1, 0.15) is 31.7 Å². The molecular weight excluding hydrogens is 338 g/mol. The summed E-state index contributed by atoms with van der Waals surface area (Å²) in [5, 5.41) is 2.90. The summed E-state index contributed by atoms with van der Waals surface area (Å²) in [4.78, 5) is 14.5. The third-order valence-corrected chi connectivity index (χ3v) is 6.49. The normalized spacial score (nSPS) is 18.6. The SMILES string of the molecule is CCCS(=O)(=O)N1CCCC1C(=O)NCCN(C)Cc1ccccc1. The van der Waals surface area contributed by atoms with Crippen LogP contribution >= 0.6 is 0 Å². The molecule has 0 spiro atoms. The van der Waals surface area contributed by atoms with Crippen molar-refractivity contribution in [3.05, 3.63) is 35.9 Å². The summed E-state index contributed by atoms with van der Waals surface area (Å²) in [5.41, 5.74) is 1.23. The number of amides is 1. The lowest BCUT2D eigenvalue weighted by molar-refractivity contribution is -0.124. The van der Waals surface area contributed by atoms with Gasteiger partial charge in [-0.1, -0.05) is 37.3 Å². The largest absolute Gasteiger partial charge is 0.353 e. The van der Waals surface area contributed by atoms with E-state index in [1.165, 1.54) is 9.87 Å². The molecule has 0 aromatic heterocycles. The number of hydrogen-bond acceptors (Lipinski definition) is 4. The van der Waals surface area contributed by atoms with Crippen LogP contribution in [0.5, 0.6) is 0 Å². The monoisotopic (exact) mass is 367 g/mol. The third-order valence-electron chi connectivity index (χ3n) is 4.41. The number of hydrogen-bond donors (Lipinski definition) is 1. The Morgan fingerprint density at radius 3 is 2.72 bits per heavy atom. The molecule has 1 unspecified atom stereocenters. The molecule has 6 nitrogen and oxygen atoms in total. The van der Waals surface area contributed by atoms with E-state index in [0.717, 1.165) is 19.5 Å². The zero-order valence-corrected chi connectivity index (χ0v) is 16.0. The Kier molecular flexibility index (Phi) is 7.40. The van der Waals surface area contributed by atoms with Crippen molar-refractivity contribution in [2.45, 2.75) is 38.8 Å².